The van der Waals surface area contributed by atoms with E-state index < -0.39 is 0 Å². The van der Waals surface area contributed by atoms with Crippen molar-refractivity contribution in [1.29, 1.82) is 5.26 Å². The maximum atomic E-state index is 10.6. The molecule has 0 saturated heterocycles. The minimum atomic E-state index is 0.452. The normalized spacial score (nSPS) is 11.4. The van der Waals surface area contributed by atoms with Gasteiger partial charge in [-0.25, -0.2) is 9.97 Å². The number of fused-ring (bicyclic) bond motifs is 6. The fourth-order valence-electron chi connectivity index (χ4n) is 7.70. The van der Waals surface area contributed by atoms with E-state index in [0.29, 0.717) is 22.8 Å². The van der Waals surface area contributed by atoms with Crippen molar-refractivity contribution in [2.45, 2.75) is 0 Å². The molecular formula is C47H29N5. The summed E-state index contributed by atoms with van der Waals surface area (Å²) in [6, 6.07) is 63.1. The van der Waals surface area contributed by atoms with Gasteiger partial charge in [0.25, 0.3) is 0 Å². The van der Waals surface area contributed by atoms with Crippen LogP contribution in [0.5, 0.6) is 0 Å². The van der Waals surface area contributed by atoms with Crippen LogP contribution in [0.3, 0.4) is 0 Å². The zero-order valence-corrected chi connectivity index (χ0v) is 28.0. The van der Waals surface area contributed by atoms with Crippen molar-refractivity contribution in [3.63, 3.8) is 0 Å². The Morgan fingerprint density at radius 2 is 0.923 bits per heavy atom. The minimum Gasteiger partial charge on any atom is -0.309 e. The van der Waals surface area contributed by atoms with Gasteiger partial charge in [0.15, 0.2) is 5.82 Å². The highest BCUT2D eigenvalue weighted by Gasteiger charge is 2.24. The molecule has 0 aliphatic heterocycles. The van der Waals surface area contributed by atoms with Gasteiger partial charge in [0.1, 0.15) is 11.6 Å². The largest absolute Gasteiger partial charge is 0.309 e. The molecule has 242 valence electrons. The lowest BCUT2D eigenvalue weighted by atomic mass is 10.00. The first-order valence-electron chi connectivity index (χ1n) is 17.3. The molecule has 10 aromatic rings. The third-order valence-electron chi connectivity index (χ3n) is 9.97. The maximum Gasteiger partial charge on any atom is 0.162 e. The van der Waals surface area contributed by atoms with Crippen LogP contribution in [0.2, 0.25) is 0 Å². The molecule has 0 unspecified atom stereocenters. The zero-order valence-electron chi connectivity index (χ0n) is 28.0. The van der Waals surface area contributed by atoms with E-state index in [1.54, 1.807) is 0 Å². The monoisotopic (exact) mass is 663 g/mol. The Morgan fingerprint density at radius 1 is 0.423 bits per heavy atom. The van der Waals surface area contributed by atoms with Crippen LogP contribution in [-0.4, -0.2) is 19.1 Å². The first-order valence-corrected chi connectivity index (χ1v) is 17.3. The molecule has 0 N–H and O–H groups in total. The van der Waals surface area contributed by atoms with Gasteiger partial charge in [-0.15, -0.1) is 0 Å². The van der Waals surface area contributed by atoms with Gasteiger partial charge in [-0.3, -0.25) is 0 Å². The molecule has 0 radical (unpaired) electrons. The molecule has 0 saturated carbocycles. The van der Waals surface area contributed by atoms with E-state index in [-0.39, 0.29) is 0 Å². The van der Waals surface area contributed by atoms with Crippen molar-refractivity contribution in [2.75, 3.05) is 0 Å². The van der Waals surface area contributed by atoms with E-state index in [0.717, 1.165) is 55.4 Å². The van der Waals surface area contributed by atoms with Crippen LogP contribution in [0, 0.1) is 11.3 Å². The average molecular weight is 664 g/mol. The molecule has 0 bridgehead atoms. The maximum absolute atomic E-state index is 10.6. The number of aromatic nitrogens is 4. The van der Waals surface area contributed by atoms with E-state index in [1.807, 2.05) is 66.7 Å². The van der Waals surface area contributed by atoms with Gasteiger partial charge in [0.2, 0.25) is 0 Å². The molecule has 10 rings (SSSR count). The van der Waals surface area contributed by atoms with Crippen LogP contribution in [0.4, 0.5) is 0 Å². The predicted molar refractivity (Wildman–Crippen MR) is 212 cm³/mol. The summed E-state index contributed by atoms with van der Waals surface area (Å²) in [5.41, 5.74) is 10.8. The predicted octanol–water partition coefficient (Wildman–Crippen LogP) is 11.5. The van der Waals surface area contributed by atoms with Gasteiger partial charge in [0, 0.05) is 49.6 Å². The standard InChI is InChI=1S/C47H29N5/c48-30-40-44(31-16-5-1-6-17-31)49-47(50-45(40)32-18-7-2-8-19-32)37-26-15-25-36-39-28-38-35-24-13-14-27-41(35)51(33-20-9-3-10-21-33)42(38)29-43(39)52(46(36)37)34-22-11-4-12-23-34/h1-29H. The minimum absolute atomic E-state index is 0.452. The van der Waals surface area contributed by atoms with Gasteiger partial charge >= 0.3 is 0 Å². The van der Waals surface area contributed by atoms with Crippen molar-refractivity contribution in [3.8, 4) is 51.3 Å². The van der Waals surface area contributed by atoms with Crippen LogP contribution in [-0.2, 0) is 0 Å². The first kappa shape index (κ1) is 29.6. The van der Waals surface area contributed by atoms with E-state index in [1.165, 1.54) is 16.3 Å². The molecule has 5 nitrogen and oxygen atoms in total. The molecule has 5 heteroatoms. The van der Waals surface area contributed by atoms with Crippen molar-refractivity contribution in [3.05, 3.63) is 181 Å². The second kappa shape index (κ2) is 11.9. The second-order valence-corrected chi connectivity index (χ2v) is 12.9. The molecule has 3 aromatic heterocycles. The summed E-state index contributed by atoms with van der Waals surface area (Å²) in [7, 11) is 0. The zero-order chi connectivity index (χ0) is 34.6. The van der Waals surface area contributed by atoms with E-state index in [2.05, 4.69) is 124 Å². The van der Waals surface area contributed by atoms with Gasteiger partial charge in [0.05, 0.1) is 33.5 Å². The lowest BCUT2D eigenvalue weighted by Crippen LogP contribution is -2.02. The Balaban J connectivity index is 1.35. The highest BCUT2D eigenvalue weighted by Crippen LogP contribution is 2.43. The average Bonchev–Trinajstić information content (AvgIpc) is 3.73. The van der Waals surface area contributed by atoms with Gasteiger partial charge in [-0.2, -0.15) is 5.26 Å². The molecule has 3 heterocycles. The molecule has 7 aromatic carbocycles. The fraction of sp³-hybridized carbons (Fsp3) is 0. The van der Waals surface area contributed by atoms with Crippen molar-refractivity contribution >= 4 is 43.6 Å². The number of para-hydroxylation sites is 4. The number of rotatable bonds is 5. The van der Waals surface area contributed by atoms with Crippen molar-refractivity contribution in [2.24, 2.45) is 0 Å². The summed E-state index contributed by atoms with van der Waals surface area (Å²) in [5.74, 6) is 0.561. The number of nitrogens with zero attached hydrogens (tertiary/aromatic N) is 5. The highest BCUT2D eigenvalue weighted by molar-refractivity contribution is 6.20. The lowest BCUT2D eigenvalue weighted by molar-refractivity contribution is 1.15. The topological polar surface area (TPSA) is 59.4 Å². The summed E-state index contributed by atoms with van der Waals surface area (Å²) >= 11 is 0. The third kappa shape index (κ3) is 4.56. The Bertz CT molecular complexity index is 2930. The Morgan fingerprint density at radius 3 is 1.54 bits per heavy atom. The Labute approximate surface area is 299 Å². The van der Waals surface area contributed by atoms with Gasteiger partial charge < -0.3 is 9.13 Å². The highest BCUT2D eigenvalue weighted by atomic mass is 15.0. The van der Waals surface area contributed by atoms with E-state index >= 15 is 0 Å². The van der Waals surface area contributed by atoms with Crippen LogP contribution in [0.25, 0.3) is 88.9 Å². The summed E-state index contributed by atoms with van der Waals surface area (Å²) in [4.78, 5) is 10.4. The van der Waals surface area contributed by atoms with Crippen molar-refractivity contribution in [1.82, 2.24) is 19.1 Å². The number of nitriles is 1. The van der Waals surface area contributed by atoms with E-state index in [4.69, 9.17) is 9.97 Å². The molecular weight excluding hydrogens is 635 g/mol. The number of benzene rings is 7. The lowest BCUT2D eigenvalue weighted by Gasteiger charge is -2.14. The van der Waals surface area contributed by atoms with Crippen LogP contribution in [0.1, 0.15) is 5.56 Å². The summed E-state index contributed by atoms with van der Waals surface area (Å²) in [6.07, 6.45) is 0. The summed E-state index contributed by atoms with van der Waals surface area (Å²) in [6.45, 7) is 0. The number of hydrogen-bond acceptors (Lipinski definition) is 3. The molecule has 0 atom stereocenters. The second-order valence-electron chi connectivity index (χ2n) is 12.9. The van der Waals surface area contributed by atoms with Crippen LogP contribution < -0.4 is 0 Å². The van der Waals surface area contributed by atoms with E-state index in [9.17, 15) is 5.26 Å². The molecule has 52 heavy (non-hydrogen) atoms. The summed E-state index contributed by atoms with van der Waals surface area (Å²) < 4.78 is 4.71. The SMILES string of the molecule is N#Cc1c(-c2ccccc2)nc(-c2cccc3c4cc5c6ccccc6n(-c6ccccc6)c5cc4n(-c4ccccc4)c23)nc1-c1ccccc1. The fourth-order valence-corrected chi connectivity index (χ4v) is 7.70. The van der Waals surface area contributed by atoms with Crippen molar-refractivity contribution < 1.29 is 0 Å². The molecule has 0 aliphatic rings. The Kier molecular flexibility index (Phi) is 6.80. The molecule has 0 amide bonds. The van der Waals surface area contributed by atoms with Gasteiger partial charge in [-0.1, -0.05) is 127 Å². The van der Waals surface area contributed by atoms with Crippen LogP contribution >= 0.6 is 0 Å². The quantitative estimate of drug-likeness (QED) is 0.184. The smallest absolute Gasteiger partial charge is 0.162 e. The Hall–Kier alpha value is -7.29. The van der Waals surface area contributed by atoms with Crippen LogP contribution in [0.15, 0.2) is 176 Å². The van der Waals surface area contributed by atoms with Gasteiger partial charge in [-0.05, 0) is 48.5 Å². The molecule has 0 aliphatic carbocycles. The number of hydrogen-bond donors (Lipinski definition) is 0. The first-order chi connectivity index (χ1) is 25.8. The third-order valence-corrected chi connectivity index (χ3v) is 9.97. The molecule has 0 spiro atoms. The summed E-state index contributed by atoms with van der Waals surface area (Å²) in [5, 5.41) is 15.2. The molecule has 0 fully saturated rings.